The fraction of sp³-hybridized carbons (Fsp3) is 0.346. The molecule has 1 unspecified atom stereocenters. The van der Waals surface area contributed by atoms with Crippen molar-refractivity contribution in [3.63, 3.8) is 0 Å². The van der Waals surface area contributed by atoms with E-state index in [4.69, 9.17) is 11.6 Å². The van der Waals surface area contributed by atoms with Crippen LogP contribution in [0.2, 0.25) is 5.02 Å². The molecule has 6 nitrogen and oxygen atoms in total. The second-order valence-corrected chi connectivity index (χ2v) is 8.95. The van der Waals surface area contributed by atoms with Gasteiger partial charge in [-0.05, 0) is 74.6 Å². The Balaban J connectivity index is 1.25. The maximum Gasteiger partial charge on any atom is 0.253 e. The van der Waals surface area contributed by atoms with Gasteiger partial charge in [0.1, 0.15) is 0 Å². The molecule has 2 aromatic carbocycles. The van der Waals surface area contributed by atoms with Crippen LogP contribution in [0.1, 0.15) is 40.9 Å². The number of rotatable bonds is 7. The van der Waals surface area contributed by atoms with E-state index in [0.717, 1.165) is 37.1 Å². The maximum atomic E-state index is 12.8. The Hall–Kier alpha value is -3.12. The van der Waals surface area contributed by atoms with Crippen LogP contribution in [0, 0.1) is 12.8 Å². The van der Waals surface area contributed by atoms with Gasteiger partial charge in [-0.15, -0.1) is 0 Å². The predicted octanol–water partition coefficient (Wildman–Crippen LogP) is 4.44. The molecule has 0 saturated carbocycles. The van der Waals surface area contributed by atoms with Crippen molar-refractivity contribution in [2.24, 2.45) is 5.92 Å². The van der Waals surface area contributed by atoms with Gasteiger partial charge in [-0.1, -0.05) is 29.8 Å². The number of halogens is 1. The van der Waals surface area contributed by atoms with Gasteiger partial charge in [0.15, 0.2) is 0 Å². The van der Waals surface area contributed by atoms with Crippen LogP contribution in [0.25, 0.3) is 5.69 Å². The summed E-state index contributed by atoms with van der Waals surface area (Å²) in [6, 6.07) is 16.9. The highest BCUT2D eigenvalue weighted by Crippen LogP contribution is 2.20. The van der Waals surface area contributed by atoms with Crippen LogP contribution in [-0.2, 0) is 11.2 Å². The quantitative estimate of drug-likeness (QED) is 0.526. The van der Waals surface area contributed by atoms with E-state index in [1.807, 2.05) is 41.9 Å². The number of aryl methyl sites for hydroxylation is 2. The van der Waals surface area contributed by atoms with E-state index < -0.39 is 0 Å². The molecular formula is C26H29ClN4O2. The molecule has 0 radical (unpaired) electrons. The van der Waals surface area contributed by atoms with Crippen molar-refractivity contribution in [2.75, 3.05) is 19.6 Å². The normalized spacial score (nSPS) is 15.9. The van der Waals surface area contributed by atoms with Crippen molar-refractivity contribution < 1.29 is 9.59 Å². The lowest BCUT2D eigenvalue weighted by Gasteiger charge is -2.32. The molecule has 0 aliphatic carbocycles. The Kier molecular flexibility index (Phi) is 7.45. The number of amides is 2. The van der Waals surface area contributed by atoms with E-state index in [9.17, 15) is 9.59 Å². The topological polar surface area (TPSA) is 67.2 Å². The molecule has 1 aliphatic heterocycles. The number of benzene rings is 2. The molecule has 7 heteroatoms. The zero-order valence-electron chi connectivity index (χ0n) is 18.8. The summed E-state index contributed by atoms with van der Waals surface area (Å²) in [5, 5.41) is 8.27. The number of nitrogens with one attached hydrogen (secondary N) is 1. The summed E-state index contributed by atoms with van der Waals surface area (Å²) in [7, 11) is 0. The Morgan fingerprint density at radius 1 is 1.12 bits per heavy atom. The Morgan fingerprint density at radius 2 is 1.88 bits per heavy atom. The number of nitrogens with zero attached hydrogens (tertiary/aromatic N) is 3. The van der Waals surface area contributed by atoms with Gasteiger partial charge in [0.25, 0.3) is 5.91 Å². The summed E-state index contributed by atoms with van der Waals surface area (Å²) in [4.78, 5) is 27.3. The molecular weight excluding hydrogens is 436 g/mol. The van der Waals surface area contributed by atoms with E-state index in [0.29, 0.717) is 30.2 Å². The predicted molar refractivity (Wildman–Crippen MR) is 130 cm³/mol. The van der Waals surface area contributed by atoms with Crippen LogP contribution in [0.3, 0.4) is 0 Å². The highest BCUT2D eigenvalue weighted by Gasteiger charge is 2.28. The monoisotopic (exact) mass is 464 g/mol. The average Bonchev–Trinajstić information content (AvgIpc) is 3.22. The largest absolute Gasteiger partial charge is 0.356 e. The minimum absolute atomic E-state index is 0.0281. The van der Waals surface area contributed by atoms with Gasteiger partial charge >= 0.3 is 0 Å². The maximum absolute atomic E-state index is 12.8. The zero-order chi connectivity index (χ0) is 23.2. The summed E-state index contributed by atoms with van der Waals surface area (Å²) in [6.45, 7) is 3.75. The number of carbonyl (C=O) groups is 2. The summed E-state index contributed by atoms with van der Waals surface area (Å²) in [6.07, 6.45) is 5.39. The third-order valence-electron chi connectivity index (χ3n) is 6.11. The molecule has 1 fully saturated rings. The summed E-state index contributed by atoms with van der Waals surface area (Å²) >= 11 is 5.92. The second kappa shape index (κ2) is 10.7. The van der Waals surface area contributed by atoms with Gasteiger partial charge in [-0.3, -0.25) is 9.59 Å². The zero-order valence-corrected chi connectivity index (χ0v) is 19.6. The lowest BCUT2D eigenvalue weighted by molar-refractivity contribution is -0.126. The molecule has 3 aromatic rings. The fourth-order valence-electron chi connectivity index (χ4n) is 4.24. The van der Waals surface area contributed by atoms with Crippen LogP contribution in [0.4, 0.5) is 0 Å². The molecule has 4 rings (SSSR count). The molecule has 1 saturated heterocycles. The SMILES string of the molecule is Cc1nn(-c2ccccc2)cc1CCCNC(=O)C1CCCN(C(=O)c2ccc(Cl)cc2)C1. The highest BCUT2D eigenvalue weighted by molar-refractivity contribution is 6.30. The fourth-order valence-corrected chi connectivity index (χ4v) is 4.37. The number of piperidine rings is 1. The van der Waals surface area contributed by atoms with Crippen molar-refractivity contribution in [2.45, 2.75) is 32.6 Å². The molecule has 1 N–H and O–H groups in total. The third kappa shape index (κ3) is 5.82. The summed E-state index contributed by atoms with van der Waals surface area (Å²) < 4.78 is 1.90. The first-order valence-corrected chi connectivity index (χ1v) is 11.8. The Labute approximate surface area is 199 Å². The Morgan fingerprint density at radius 3 is 2.64 bits per heavy atom. The molecule has 2 heterocycles. The molecule has 1 atom stereocenters. The van der Waals surface area contributed by atoms with E-state index in [1.54, 1.807) is 29.2 Å². The first-order valence-electron chi connectivity index (χ1n) is 11.4. The number of para-hydroxylation sites is 1. The number of carbonyl (C=O) groups excluding carboxylic acids is 2. The summed E-state index contributed by atoms with van der Waals surface area (Å²) in [5.74, 6) is -0.187. The number of hydrogen-bond acceptors (Lipinski definition) is 3. The van der Waals surface area contributed by atoms with Crippen molar-refractivity contribution >= 4 is 23.4 Å². The van der Waals surface area contributed by atoms with Crippen LogP contribution < -0.4 is 5.32 Å². The molecule has 172 valence electrons. The van der Waals surface area contributed by atoms with Crippen LogP contribution >= 0.6 is 11.6 Å². The molecule has 0 spiro atoms. The van der Waals surface area contributed by atoms with Crippen LogP contribution in [-0.4, -0.2) is 46.1 Å². The second-order valence-electron chi connectivity index (χ2n) is 8.51. The van der Waals surface area contributed by atoms with Crippen LogP contribution in [0.15, 0.2) is 60.8 Å². The van der Waals surface area contributed by atoms with Crippen molar-refractivity contribution in [1.82, 2.24) is 20.0 Å². The van der Waals surface area contributed by atoms with Gasteiger partial charge < -0.3 is 10.2 Å². The van der Waals surface area contributed by atoms with Crippen molar-refractivity contribution in [3.05, 3.63) is 82.6 Å². The van der Waals surface area contributed by atoms with Crippen LogP contribution in [0.5, 0.6) is 0 Å². The lowest BCUT2D eigenvalue weighted by atomic mass is 9.96. The van der Waals surface area contributed by atoms with Gasteiger partial charge in [-0.2, -0.15) is 5.10 Å². The van der Waals surface area contributed by atoms with Crippen molar-refractivity contribution in [1.29, 1.82) is 0 Å². The van der Waals surface area contributed by atoms with Gasteiger partial charge in [0, 0.05) is 36.4 Å². The standard InChI is InChI=1S/C26H29ClN4O2/c1-19-21(18-31(29-19)24-9-3-2-4-10-24)7-5-15-28-25(32)22-8-6-16-30(17-22)26(33)20-11-13-23(27)14-12-20/h2-4,9-14,18,22H,5-8,15-17H2,1H3,(H,28,32). The minimum Gasteiger partial charge on any atom is -0.356 e. The molecule has 2 amide bonds. The third-order valence-corrected chi connectivity index (χ3v) is 6.37. The number of likely N-dealkylation sites (tertiary alicyclic amines) is 1. The molecule has 1 aromatic heterocycles. The average molecular weight is 465 g/mol. The molecule has 33 heavy (non-hydrogen) atoms. The molecule has 1 aliphatic rings. The Bertz CT molecular complexity index is 1100. The van der Waals surface area contributed by atoms with E-state index in [1.165, 1.54) is 5.56 Å². The number of aromatic nitrogens is 2. The lowest BCUT2D eigenvalue weighted by Crippen LogP contribution is -2.45. The van der Waals surface area contributed by atoms with Gasteiger partial charge in [-0.25, -0.2) is 4.68 Å². The van der Waals surface area contributed by atoms with E-state index >= 15 is 0 Å². The molecule has 0 bridgehead atoms. The minimum atomic E-state index is -0.169. The van der Waals surface area contributed by atoms with Gasteiger partial charge in [0.2, 0.25) is 5.91 Å². The van der Waals surface area contributed by atoms with E-state index in [2.05, 4.69) is 16.6 Å². The highest BCUT2D eigenvalue weighted by atomic mass is 35.5. The summed E-state index contributed by atoms with van der Waals surface area (Å²) in [5.41, 5.74) is 3.83. The van der Waals surface area contributed by atoms with Crippen molar-refractivity contribution in [3.8, 4) is 5.69 Å². The van der Waals surface area contributed by atoms with E-state index in [-0.39, 0.29) is 17.7 Å². The first kappa shape index (κ1) is 23.1. The first-order chi connectivity index (χ1) is 16.0. The smallest absolute Gasteiger partial charge is 0.253 e. The van der Waals surface area contributed by atoms with Gasteiger partial charge in [0.05, 0.1) is 17.3 Å². The number of hydrogen-bond donors (Lipinski definition) is 1.